The first kappa shape index (κ1) is 35.4. The molecule has 0 saturated carbocycles. The molecule has 8 nitrogen and oxygen atoms in total. The van der Waals surface area contributed by atoms with E-state index in [1.165, 1.54) is 7.11 Å². The number of ether oxygens (including phenoxy) is 1. The summed E-state index contributed by atoms with van der Waals surface area (Å²) in [6.07, 6.45) is 3.27. The minimum absolute atomic E-state index is 0. The van der Waals surface area contributed by atoms with Crippen LogP contribution in [0.4, 0.5) is 16.0 Å². The number of anilines is 2. The Labute approximate surface area is 223 Å². The van der Waals surface area contributed by atoms with Gasteiger partial charge in [-0.15, -0.1) is 0 Å². The molecule has 0 bridgehead atoms. The molecule has 0 spiro atoms. The summed E-state index contributed by atoms with van der Waals surface area (Å²) in [4.78, 5) is 24.3. The van der Waals surface area contributed by atoms with Gasteiger partial charge in [-0.05, 0) is 48.9 Å². The number of aryl methyl sites for hydroxylation is 1. The van der Waals surface area contributed by atoms with Gasteiger partial charge in [-0.3, -0.25) is 13.9 Å². The summed E-state index contributed by atoms with van der Waals surface area (Å²) < 4.78 is 29.9. The van der Waals surface area contributed by atoms with Crippen LogP contribution < -0.4 is 14.8 Å². The second kappa shape index (κ2) is 19.4. The molecule has 204 valence electrons. The van der Waals surface area contributed by atoms with Gasteiger partial charge in [0.15, 0.2) is 11.0 Å². The zero-order valence-electron chi connectivity index (χ0n) is 21.9. The zero-order valence-corrected chi connectivity index (χ0v) is 22.8. The maximum atomic E-state index is 12.6. The second-order valence-corrected chi connectivity index (χ2v) is 7.40. The number of nitrogens with one attached hydrogen (secondary N) is 3. The van der Waals surface area contributed by atoms with Crippen LogP contribution in [0.15, 0.2) is 54.5 Å². The number of carbonyl (C=O) groups is 1. The monoisotopic (exact) mass is 533 g/mol. The van der Waals surface area contributed by atoms with E-state index in [4.69, 9.17) is 4.74 Å². The number of H-pyrrole nitrogens is 1. The Morgan fingerprint density at radius 1 is 1.05 bits per heavy atom. The number of halogens is 1. The topological polar surface area (TPSA) is 109 Å². The predicted octanol–water partition coefficient (Wildman–Crippen LogP) is 7.07. The average Bonchev–Trinajstić information content (AvgIpc) is 3.36. The SMILES string of the molecule is C.C=Cc1cc(C(=O)Nc2ccc(S(=O)Nc3nc(C)cc(OC)n3)cc2)[nH]c1C=C.CC.CC.CF. The molecule has 0 aliphatic heterocycles. The molecular formula is C27H40FN5O3S. The number of rotatable bonds is 8. The molecule has 0 fully saturated rings. The number of aromatic nitrogens is 3. The Morgan fingerprint density at radius 2 is 1.65 bits per heavy atom. The fourth-order valence-electron chi connectivity index (χ4n) is 2.64. The van der Waals surface area contributed by atoms with Crippen molar-refractivity contribution in [3.05, 3.63) is 72.2 Å². The Morgan fingerprint density at radius 3 is 2.14 bits per heavy atom. The number of nitrogens with zero attached hydrogens (tertiary/aromatic N) is 2. The Kier molecular flexibility index (Phi) is 18.6. The van der Waals surface area contributed by atoms with E-state index in [1.807, 2.05) is 27.7 Å². The van der Waals surface area contributed by atoms with Crippen LogP contribution in [-0.2, 0) is 11.0 Å². The van der Waals surface area contributed by atoms with Gasteiger partial charge in [0, 0.05) is 23.1 Å². The fourth-order valence-corrected chi connectivity index (χ4v) is 3.40. The van der Waals surface area contributed by atoms with Crippen LogP contribution >= 0.6 is 0 Å². The molecule has 2 heterocycles. The number of aromatic amines is 1. The lowest BCUT2D eigenvalue weighted by Crippen LogP contribution is -2.13. The molecular weight excluding hydrogens is 493 g/mol. The quantitative estimate of drug-likeness (QED) is 0.287. The van der Waals surface area contributed by atoms with Crippen molar-refractivity contribution in [3.63, 3.8) is 0 Å². The minimum Gasteiger partial charge on any atom is -0.481 e. The summed E-state index contributed by atoms with van der Waals surface area (Å²) in [6.45, 7) is 17.2. The number of hydrogen-bond donors (Lipinski definition) is 3. The molecule has 2 aromatic heterocycles. The summed E-state index contributed by atoms with van der Waals surface area (Å²) in [5.74, 6) is 0.271. The fraction of sp³-hybridized carbons (Fsp3) is 0.296. The van der Waals surface area contributed by atoms with E-state index in [-0.39, 0.29) is 19.3 Å². The van der Waals surface area contributed by atoms with Crippen molar-refractivity contribution in [3.8, 4) is 5.88 Å². The van der Waals surface area contributed by atoms with Gasteiger partial charge in [-0.1, -0.05) is 54.4 Å². The van der Waals surface area contributed by atoms with E-state index < -0.39 is 11.0 Å². The Balaban J connectivity index is 0. The van der Waals surface area contributed by atoms with Crippen LogP contribution in [0, 0.1) is 6.92 Å². The van der Waals surface area contributed by atoms with Gasteiger partial charge in [0.05, 0.1) is 19.2 Å². The van der Waals surface area contributed by atoms with E-state index >= 15 is 0 Å². The third-order valence-electron chi connectivity index (χ3n) is 4.10. The van der Waals surface area contributed by atoms with Crippen molar-refractivity contribution < 1.29 is 18.1 Å². The number of methoxy groups -OCH3 is 1. The summed E-state index contributed by atoms with van der Waals surface area (Å²) in [5.41, 5.74) is 3.15. The molecule has 0 saturated heterocycles. The molecule has 0 aliphatic carbocycles. The van der Waals surface area contributed by atoms with Gasteiger partial charge in [0.1, 0.15) is 5.69 Å². The van der Waals surface area contributed by atoms with Crippen molar-refractivity contribution in [2.75, 3.05) is 24.3 Å². The lowest BCUT2D eigenvalue weighted by molar-refractivity contribution is 0.102. The highest BCUT2D eigenvalue weighted by molar-refractivity contribution is 7.86. The van der Waals surface area contributed by atoms with Crippen LogP contribution in [0.25, 0.3) is 12.2 Å². The van der Waals surface area contributed by atoms with Gasteiger partial charge in [-0.2, -0.15) is 4.98 Å². The number of carbonyl (C=O) groups excluding carboxylic acids is 1. The lowest BCUT2D eigenvalue weighted by Gasteiger charge is -2.08. The molecule has 0 radical (unpaired) electrons. The highest BCUT2D eigenvalue weighted by atomic mass is 32.2. The Hall–Kier alpha value is -3.79. The van der Waals surface area contributed by atoms with Gasteiger partial charge in [0.2, 0.25) is 11.8 Å². The van der Waals surface area contributed by atoms with Crippen molar-refractivity contribution in [2.45, 2.75) is 46.9 Å². The second-order valence-electron chi connectivity index (χ2n) is 6.18. The van der Waals surface area contributed by atoms with Gasteiger partial charge in [0.25, 0.3) is 5.91 Å². The van der Waals surface area contributed by atoms with Gasteiger partial charge < -0.3 is 15.0 Å². The number of hydrogen-bond acceptors (Lipinski definition) is 5. The molecule has 1 unspecified atom stereocenters. The summed E-state index contributed by atoms with van der Waals surface area (Å²) in [6, 6.07) is 9.98. The maximum Gasteiger partial charge on any atom is 0.272 e. The van der Waals surface area contributed by atoms with Crippen LogP contribution in [0.1, 0.15) is 62.6 Å². The van der Waals surface area contributed by atoms with Crippen LogP contribution in [-0.4, -0.2) is 39.4 Å². The molecule has 3 N–H and O–H groups in total. The molecule has 0 aliphatic rings. The first-order valence-corrected chi connectivity index (χ1v) is 12.4. The van der Waals surface area contributed by atoms with Gasteiger partial charge >= 0.3 is 0 Å². The normalized spacial score (nSPS) is 9.73. The number of benzene rings is 1. The van der Waals surface area contributed by atoms with E-state index in [9.17, 15) is 13.4 Å². The summed E-state index contributed by atoms with van der Waals surface area (Å²) in [5, 5.41) is 2.79. The first-order valence-electron chi connectivity index (χ1n) is 11.3. The highest BCUT2D eigenvalue weighted by Crippen LogP contribution is 2.18. The van der Waals surface area contributed by atoms with E-state index in [0.717, 1.165) is 11.3 Å². The maximum absolute atomic E-state index is 12.6. The van der Waals surface area contributed by atoms with Crippen molar-refractivity contribution in [2.24, 2.45) is 0 Å². The summed E-state index contributed by atoms with van der Waals surface area (Å²) >= 11 is 0. The third kappa shape index (κ3) is 10.8. The molecule has 3 rings (SSSR count). The average molecular weight is 534 g/mol. The summed E-state index contributed by atoms with van der Waals surface area (Å²) in [7, 11) is 0.415. The van der Waals surface area contributed by atoms with Crippen molar-refractivity contribution >= 4 is 40.7 Å². The molecule has 1 aromatic carbocycles. The largest absolute Gasteiger partial charge is 0.481 e. The van der Waals surface area contributed by atoms with E-state index in [1.54, 1.807) is 55.5 Å². The zero-order chi connectivity index (χ0) is 27.7. The van der Waals surface area contributed by atoms with Crippen molar-refractivity contribution in [1.82, 2.24) is 15.0 Å². The predicted molar refractivity (Wildman–Crippen MR) is 155 cm³/mol. The number of amides is 1. The molecule has 1 amide bonds. The lowest BCUT2D eigenvalue weighted by atomic mass is 10.2. The van der Waals surface area contributed by atoms with E-state index in [0.29, 0.717) is 35.0 Å². The number of alkyl halides is 1. The van der Waals surface area contributed by atoms with Crippen molar-refractivity contribution in [1.29, 1.82) is 0 Å². The Bertz CT molecular complexity index is 1110. The van der Waals surface area contributed by atoms with Crippen LogP contribution in [0.5, 0.6) is 5.88 Å². The first-order chi connectivity index (χ1) is 17.4. The molecule has 37 heavy (non-hydrogen) atoms. The van der Waals surface area contributed by atoms with Crippen LogP contribution in [0.3, 0.4) is 0 Å². The van der Waals surface area contributed by atoms with E-state index in [2.05, 4.69) is 38.1 Å². The standard InChI is InChI=1S/C21H21N5O3S.2C2H6.CH3F.CH4/c1-5-14-12-18(24-17(14)6-2)20(27)23-15-7-9-16(10-8-15)30(28)26-21-22-13(3)11-19(25-21)29-4;3*1-2;/h5-12,24H,1-2H2,3-4H3,(H,23,27)(H,22,25,26);2*1-2H3;1H3;1H4. The minimum atomic E-state index is -1.58. The molecule has 3 aromatic rings. The molecule has 10 heteroatoms. The van der Waals surface area contributed by atoms with Gasteiger partial charge in [-0.25, -0.2) is 9.19 Å². The van der Waals surface area contributed by atoms with Crippen LogP contribution in [0.2, 0.25) is 0 Å². The smallest absolute Gasteiger partial charge is 0.272 e. The highest BCUT2D eigenvalue weighted by Gasteiger charge is 2.12. The molecule has 1 atom stereocenters. The third-order valence-corrected chi connectivity index (χ3v) is 5.17.